The normalized spacial score (nSPS) is 25.3. The van der Waals surface area contributed by atoms with E-state index in [1.165, 1.54) is 37.9 Å². The van der Waals surface area contributed by atoms with Crippen LogP contribution in [-0.2, 0) is 9.59 Å². The number of rotatable bonds is 6. The summed E-state index contributed by atoms with van der Waals surface area (Å²) >= 11 is 0. The van der Waals surface area contributed by atoms with Gasteiger partial charge in [-0.15, -0.1) is 0 Å². The number of amides is 4. The number of nitrogens with one attached hydrogen (secondary N) is 1. The van der Waals surface area contributed by atoms with Crippen LogP contribution in [0.25, 0.3) is 0 Å². The number of imide groups is 2. The van der Waals surface area contributed by atoms with Gasteiger partial charge in [-0.05, 0) is 56.5 Å². The second-order valence-electron chi connectivity index (χ2n) is 9.41. The molecule has 0 spiro atoms. The van der Waals surface area contributed by atoms with Crippen LogP contribution in [0.15, 0.2) is 42.0 Å². The summed E-state index contributed by atoms with van der Waals surface area (Å²) in [5, 5.41) is 2.21. The van der Waals surface area contributed by atoms with E-state index in [-0.39, 0.29) is 29.9 Å². The monoisotopic (exact) mass is 463 g/mol. The minimum Gasteiger partial charge on any atom is -0.492 e. The molecule has 1 aromatic carbocycles. The minimum atomic E-state index is -0.984. The van der Waals surface area contributed by atoms with Gasteiger partial charge in [0.2, 0.25) is 11.8 Å². The van der Waals surface area contributed by atoms with Crippen LogP contribution >= 0.6 is 0 Å². The van der Waals surface area contributed by atoms with Crippen molar-refractivity contribution in [1.29, 1.82) is 0 Å². The average molecular weight is 464 g/mol. The molecule has 0 radical (unpaired) electrons. The topological polar surface area (TPSA) is 96.0 Å². The van der Waals surface area contributed by atoms with Gasteiger partial charge in [0.25, 0.3) is 11.8 Å². The lowest BCUT2D eigenvalue weighted by Gasteiger charge is -2.28. The third-order valence-corrected chi connectivity index (χ3v) is 7.00. The van der Waals surface area contributed by atoms with E-state index in [0.29, 0.717) is 12.4 Å². The number of piperidine rings is 2. The van der Waals surface area contributed by atoms with Crippen LogP contribution in [0.5, 0.6) is 5.75 Å². The standard InChI is InChI=1S/C26H29N3O5/c30-22-12-11-20(24(31)27-22)29-25(32)19-5-4-6-21(23(19)26(29)33)34-16-18-9-7-17(8-10-18)15-28-13-2-1-3-14-28/h4-9,18,20H,1-3,10-16H2,(H,27,30,31). The largest absolute Gasteiger partial charge is 0.492 e. The fourth-order valence-corrected chi connectivity index (χ4v) is 5.13. The van der Waals surface area contributed by atoms with E-state index in [9.17, 15) is 19.2 Å². The zero-order valence-electron chi connectivity index (χ0n) is 19.1. The smallest absolute Gasteiger partial charge is 0.266 e. The van der Waals surface area contributed by atoms with Gasteiger partial charge in [0.15, 0.2) is 0 Å². The average Bonchev–Trinajstić information content (AvgIpc) is 3.10. The maximum atomic E-state index is 13.2. The summed E-state index contributed by atoms with van der Waals surface area (Å²) in [7, 11) is 0. The third-order valence-electron chi connectivity index (χ3n) is 7.00. The molecule has 2 atom stereocenters. The number of ether oxygens (including phenoxy) is 1. The van der Waals surface area contributed by atoms with Crippen molar-refractivity contribution in [2.24, 2.45) is 5.92 Å². The number of likely N-dealkylation sites (tertiary alicyclic amines) is 1. The summed E-state index contributed by atoms with van der Waals surface area (Å²) in [6.45, 7) is 3.71. The van der Waals surface area contributed by atoms with Gasteiger partial charge in [0, 0.05) is 18.9 Å². The molecule has 2 fully saturated rings. The Morgan fingerprint density at radius 3 is 2.59 bits per heavy atom. The molecule has 4 aliphatic rings. The summed E-state index contributed by atoms with van der Waals surface area (Å²) in [6, 6.07) is 3.95. The van der Waals surface area contributed by atoms with E-state index in [1.807, 2.05) is 0 Å². The fourth-order valence-electron chi connectivity index (χ4n) is 5.13. The van der Waals surface area contributed by atoms with Crippen LogP contribution in [0, 0.1) is 5.92 Å². The Balaban J connectivity index is 1.23. The number of nitrogens with zero attached hydrogens (tertiary/aromatic N) is 2. The highest BCUT2D eigenvalue weighted by Gasteiger charge is 2.46. The number of allylic oxidation sites excluding steroid dienone is 1. The van der Waals surface area contributed by atoms with Crippen molar-refractivity contribution in [3.63, 3.8) is 0 Å². The number of hydrogen-bond donors (Lipinski definition) is 1. The molecule has 34 heavy (non-hydrogen) atoms. The molecule has 3 heterocycles. The first-order valence-electron chi connectivity index (χ1n) is 12.1. The summed E-state index contributed by atoms with van der Waals surface area (Å²) in [5.74, 6) is -1.55. The first-order chi connectivity index (χ1) is 16.5. The van der Waals surface area contributed by atoms with E-state index in [4.69, 9.17) is 4.74 Å². The van der Waals surface area contributed by atoms with Crippen molar-refractivity contribution < 1.29 is 23.9 Å². The van der Waals surface area contributed by atoms with E-state index in [0.717, 1.165) is 17.9 Å². The zero-order chi connectivity index (χ0) is 23.7. The first-order valence-corrected chi connectivity index (χ1v) is 12.1. The molecular formula is C26H29N3O5. The highest BCUT2D eigenvalue weighted by Crippen LogP contribution is 2.34. The summed E-state index contributed by atoms with van der Waals surface area (Å²) in [4.78, 5) is 53.3. The molecule has 8 heteroatoms. The minimum absolute atomic E-state index is 0.0917. The highest BCUT2D eigenvalue weighted by molar-refractivity contribution is 6.24. The van der Waals surface area contributed by atoms with E-state index < -0.39 is 29.7 Å². The molecule has 8 nitrogen and oxygen atoms in total. The second-order valence-corrected chi connectivity index (χ2v) is 9.41. The molecule has 1 N–H and O–H groups in total. The Morgan fingerprint density at radius 2 is 1.85 bits per heavy atom. The van der Waals surface area contributed by atoms with Gasteiger partial charge in [-0.1, -0.05) is 30.7 Å². The number of carbonyl (C=O) groups is 4. The lowest BCUT2D eigenvalue weighted by atomic mass is 9.96. The molecule has 0 saturated carbocycles. The van der Waals surface area contributed by atoms with Crippen molar-refractivity contribution in [3.05, 3.63) is 53.1 Å². The van der Waals surface area contributed by atoms with Gasteiger partial charge in [-0.25, -0.2) is 0 Å². The SMILES string of the molecule is O=C1CCC(N2C(=O)c3cccc(OCC4C=CC(CN5CCCCC5)=CC4)c3C2=O)C(=O)N1. The maximum Gasteiger partial charge on any atom is 0.266 e. The number of benzene rings is 1. The Labute approximate surface area is 198 Å². The molecule has 2 unspecified atom stereocenters. The van der Waals surface area contributed by atoms with Crippen LogP contribution < -0.4 is 10.1 Å². The fraction of sp³-hybridized carbons (Fsp3) is 0.462. The Kier molecular flexibility index (Phi) is 6.32. The zero-order valence-corrected chi connectivity index (χ0v) is 19.1. The summed E-state index contributed by atoms with van der Waals surface area (Å²) in [5.41, 5.74) is 1.76. The van der Waals surface area contributed by atoms with E-state index in [2.05, 4.69) is 28.4 Å². The van der Waals surface area contributed by atoms with Crippen molar-refractivity contribution in [2.75, 3.05) is 26.2 Å². The van der Waals surface area contributed by atoms with Crippen LogP contribution in [0.4, 0.5) is 0 Å². The molecule has 2 saturated heterocycles. The predicted molar refractivity (Wildman–Crippen MR) is 124 cm³/mol. The molecule has 1 aliphatic carbocycles. The predicted octanol–water partition coefficient (Wildman–Crippen LogP) is 2.46. The molecular weight excluding hydrogens is 434 g/mol. The van der Waals surface area contributed by atoms with Crippen molar-refractivity contribution >= 4 is 23.6 Å². The van der Waals surface area contributed by atoms with Crippen molar-refractivity contribution in [2.45, 2.75) is 44.6 Å². The third kappa shape index (κ3) is 4.42. The molecule has 4 amide bonds. The van der Waals surface area contributed by atoms with Crippen LogP contribution in [0.2, 0.25) is 0 Å². The molecule has 3 aliphatic heterocycles. The van der Waals surface area contributed by atoms with Crippen LogP contribution in [0.1, 0.15) is 59.2 Å². The Hall–Kier alpha value is -3.26. The number of hydrogen-bond acceptors (Lipinski definition) is 6. The number of carbonyl (C=O) groups excluding carboxylic acids is 4. The number of fused-ring (bicyclic) bond motifs is 1. The van der Waals surface area contributed by atoms with Gasteiger partial charge >= 0.3 is 0 Å². The van der Waals surface area contributed by atoms with Crippen molar-refractivity contribution in [3.8, 4) is 5.75 Å². The van der Waals surface area contributed by atoms with Gasteiger partial charge in [-0.3, -0.25) is 34.3 Å². The van der Waals surface area contributed by atoms with Gasteiger partial charge in [-0.2, -0.15) is 0 Å². The van der Waals surface area contributed by atoms with E-state index >= 15 is 0 Å². The Morgan fingerprint density at radius 1 is 1.03 bits per heavy atom. The van der Waals surface area contributed by atoms with Gasteiger partial charge in [0.1, 0.15) is 11.8 Å². The van der Waals surface area contributed by atoms with Gasteiger partial charge in [0.05, 0.1) is 17.7 Å². The summed E-state index contributed by atoms with van der Waals surface area (Å²) < 4.78 is 6.03. The van der Waals surface area contributed by atoms with Gasteiger partial charge < -0.3 is 4.74 Å². The van der Waals surface area contributed by atoms with Crippen LogP contribution in [-0.4, -0.2) is 65.7 Å². The molecule has 0 bridgehead atoms. The highest BCUT2D eigenvalue weighted by atomic mass is 16.5. The molecule has 5 rings (SSSR count). The van der Waals surface area contributed by atoms with Crippen LogP contribution in [0.3, 0.4) is 0 Å². The molecule has 178 valence electrons. The molecule has 1 aromatic rings. The Bertz CT molecular complexity index is 1090. The van der Waals surface area contributed by atoms with E-state index in [1.54, 1.807) is 18.2 Å². The lowest BCUT2D eigenvalue weighted by Crippen LogP contribution is -2.54. The maximum absolute atomic E-state index is 13.2. The van der Waals surface area contributed by atoms with Crippen molar-refractivity contribution in [1.82, 2.24) is 15.1 Å². The summed E-state index contributed by atoms with van der Waals surface area (Å²) in [6.07, 6.45) is 11.6. The second kappa shape index (κ2) is 9.54. The first kappa shape index (κ1) is 22.5. The molecule has 0 aromatic heterocycles. The quantitative estimate of drug-likeness (QED) is 0.651. The lowest BCUT2D eigenvalue weighted by molar-refractivity contribution is -0.136.